The average Bonchev–Trinajstić information content (AvgIpc) is 2.94. The Labute approximate surface area is 178 Å². The van der Waals surface area contributed by atoms with E-state index in [4.69, 9.17) is 0 Å². The smallest absolute Gasteiger partial charge is 0.406 e. The lowest BCUT2D eigenvalue weighted by Gasteiger charge is -2.33. The second-order valence-electron chi connectivity index (χ2n) is 7.69. The molecule has 170 valence electrons. The highest BCUT2D eigenvalue weighted by Gasteiger charge is 2.32. The topological polar surface area (TPSA) is 80.6 Å². The maximum absolute atomic E-state index is 12.9. The monoisotopic (exact) mass is 459 g/mol. The van der Waals surface area contributed by atoms with Gasteiger partial charge in [0.05, 0.1) is 11.4 Å². The van der Waals surface area contributed by atoms with E-state index in [1.807, 2.05) is 0 Å². The first-order valence-corrected chi connectivity index (χ1v) is 11.7. The van der Waals surface area contributed by atoms with Crippen LogP contribution in [0.5, 0.6) is 5.75 Å². The number of benzene rings is 1. The largest absolute Gasteiger partial charge is 0.573 e. The number of aryl methyl sites for hydroxylation is 1. The molecule has 0 spiro atoms. The van der Waals surface area contributed by atoms with Crippen LogP contribution >= 0.6 is 0 Å². The Morgan fingerprint density at radius 2 is 1.65 bits per heavy atom. The van der Waals surface area contributed by atoms with Crippen LogP contribution in [0.3, 0.4) is 0 Å². The van der Waals surface area contributed by atoms with Gasteiger partial charge in [-0.05, 0) is 37.1 Å². The van der Waals surface area contributed by atoms with Crippen molar-refractivity contribution < 1.29 is 26.3 Å². The number of piperazine rings is 1. The first kappa shape index (κ1) is 22.0. The molecule has 0 bridgehead atoms. The summed E-state index contributed by atoms with van der Waals surface area (Å²) in [4.78, 5) is 2.09. The molecular weight excluding hydrogens is 435 g/mol. The van der Waals surface area contributed by atoms with Gasteiger partial charge < -0.3 is 9.30 Å². The predicted octanol–water partition coefficient (Wildman–Crippen LogP) is 2.41. The van der Waals surface area contributed by atoms with E-state index < -0.39 is 22.1 Å². The van der Waals surface area contributed by atoms with Crippen LogP contribution in [0.15, 0.2) is 29.2 Å². The summed E-state index contributed by atoms with van der Waals surface area (Å²) in [6.07, 6.45) is -0.469. The number of hydrogen-bond acceptors (Lipinski definition) is 6. The zero-order chi connectivity index (χ0) is 22.1. The van der Waals surface area contributed by atoms with E-state index in [-0.39, 0.29) is 4.90 Å². The van der Waals surface area contributed by atoms with Crippen molar-refractivity contribution in [2.45, 2.75) is 50.0 Å². The number of aromatic nitrogens is 3. The fraction of sp³-hybridized carbons (Fsp3) is 0.579. The molecule has 0 N–H and O–H groups in total. The maximum Gasteiger partial charge on any atom is 0.573 e. The molecule has 0 aliphatic carbocycles. The van der Waals surface area contributed by atoms with Crippen LogP contribution in [-0.2, 0) is 29.5 Å². The van der Waals surface area contributed by atoms with Crippen molar-refractivity contribution in [2.24, 2.45) is 0 Å². The molecule has 3 heterocycles. The van der Waals surface area contributed by atoms with E-state index in [0.29, 0.717) is 32.7 Å². The number of rotatable bonds is 5. The molecule has 2 aliphatic heterocycles. The summed E-state index contributed by atoms with van der Waals surface area (Å²) in [5, 5.41) is 8.63. The lowest BCUT2D eigenvalue weighted by molar-refractivity contribution is -0.274. The molecule has 4 rings (SSSR count). The minimum Gasteiger partial charge on any atom is -0.406 e. The number of halogens is 3. The van der Waals surface area contributed by atoms with Gasteiger partial charge in [-0.15, -0.1) is 23.4 Å². The van der Waals surface area contributed by atoms with Crippen molar-refractivity contribution >= 4 is 10.0 Å². The highest BCUT2D eigenvalue weighted by molar-refractivity contribution is 7.89. The van der Waals surface area contributed by atoms with Gasteiger partial charge in [-0.1, -0.05) is 6.42 Å². The number of alkyl halides is 3. The number of hydrogen-bond donors (Lipinski definition) is 0. The molecule has 1 saturated heterocycles. The normalized spacial score (nSPS) is 19.1. The van der Waals surface area contributed by atoms with Gasteiger partial charge in [-0.3, -0.25) is 4.90 Å². The van der Waals surface area contributed by atoms with E-state index in [1.165, 1.54) is 10.7 Å². The molecule has 0 unspecified atom stereocenters. The maximum atomic E-state index is 12.9. The van der Waals surface area contributed by atoms with Gasteiger partial charge in [0.25, 0.3) is 0 Å². The number of sulfonamides is 1. The molecule has 1 aromatic heterocycles. The van der Waals surface area contributed by atoms with Gasteiger partial charge in [0.2, 0.25) is 10.0 Å². The molecule has 12 heteroatoms. The van der Waals surface area contributed by atoms with Crippen LogP contribution in [0.1, 0.15) is 30.9 Å². The lowest BCUT2D eigenvalue weighted by atomic mass is 10.2. The Hall–Kier alpha value is -2.18. The summed E-state index contributed by atoms with van der Waals surface area (Å²) in [5.74, 6) is 1.48. The summed E-state index contributed by atoms with van der Waals surface area (Å²) in [5.41, 5.74) is 0. The van der Waals surface area contributed by atoms with Gasteiger partial charge in [0.1, 0.15) is 17.4 Å². The van der Waals surface area contributed by atoms with E-state index >= 15 is 0 Å². The van der Waals surface area contributed by atoms with Crippen LogP contribution in [0.25, 0.3) is 0 Å². The van der Waals surface area contributed by atoms with Crippen molar-refractivity contribution in [3.8, 4) is 5.75 Å². The Morgan fingerprint density at radius 3 is 2.32 bits per heavy atom. The van der Waals surface area contributed by atoms with E-state index in [1.54, 1.807) is 0 Å². The fourth-order valence-electron chi connectivity index (χ4n) is 3.95. The van der Waals surface area contributed by atoms with Crippen LogP contribution in [-0.4, -0.2) is 64.9 Å². The van der Waals surface area contributed by atoms with Crippen LogP contribution < -0.4 is 4.74 Å². The quantitative estimate of drug-likeness (QED) is 0.683. The van der Waals surface area contributed by atoms with Crippen molar-refractivity contribution in [1.82, 2.24) is 24.0 Å². The molecule has 0 amide bonds. The zero-order valence-corrected chi connectivity index (χ0v) is 17.7. The van der Waals surface area contributed by atoms with Crippen LogP contribution in [0.4, 0.5) is 13.2 Å². The van der Waals surface area contributed by atoms with Gasteiger partial charge in [-0.2, -0.15) is 4.31 Å². The molecule has 1 fully saturated rings. The fourth-order valence-corrected chi connectivity index (χ4v) is 5.37. The van der Waals surface area contributed by atoms with Gasteiger partial charge >= 0.3 is 6.36 Å². The third-order valence-electron chi connectivity index (χ3n) is 5.58. The summed E-state index contributed by atoms with van der Waals surface area (Å²) in [6.45, 7) is 3.20. The summed E-state index contributed by atoms with van der Waals surface area (Å²) < 4.78 is 69.9. The van der Waals surface area contributed by atoms with Crippen molar-refractivity contribution in [3.05, 3.63) is 35.9 Å². The second-order valence-corrected chi connectivity index (χ2v) is 9.63. The Kier molecular flexibility index (Phi) is 6.22. The van der Waals surface area contributed by atoms with Crippen LogP contribution in [0.2, 0.25) is 0 Å². The third-order valence-corrected chi connectivity index (χ3v) is 7.49. The first-order valence-electron chi connectivity index (χ1n) is 10.2. The summed E-state index contributed by atoms with van der Waals surface area (Å²) in [6, 6.07) is 4.28. The molecule has 8 nitrogen and oxygen atoms in total. The summed E-state index contributed by atoms with van der Waals surface area (Å²) >= 11 is 0. The van der Waals surface area contributed by atoms with Crippen molar-refractivity contribution in [1.29, 1.82) is 0 Å². The third kappa shape index (κ3) is 5.18. The van der Waals surface area contributed by atoms with Gasteiger partial charge in [-0.25, -0.2) is 8.42 Å². The Morgan fingerprint density at radius 1 is 0.935 bits per heavy atom. The van der Waals surface area contributed by atoms with Crippen molar-refractivity contribution in [2.75, 3.05) is 26.2 Å². The average molecular weight is 459 g/mol. The number of fused-ring (bicyclic) bond motifs is 1. The number of ether oxygens (including phenoxy) is 1. The van der Waals surface area contributed by atoms with Gasteiger partial charge in [0, 0.05) is 39.1 Å². The first-order chi connectivity index (χ1) is 14.7. The molecule has 0 radical (unpaired) electrons. The molecule has 1 aromatic carbocycles. The molecule has 2 aromatic rings. The van der Waals surface area contributed by atoms with E-state index in [9.17, 15) is 21.6 Å². The standard InChI is InChI=1S/C19H24F3N5O3S/c20-19(21,22)30-15-5-7-16(8-6-15)31(28,29)26-12-10-25(11-13-26)14-18-24-23-17-4-2-1-3-9-27(17)18/h5-8H,1-4,9-14H2. The SMILES string of the molecule is O=S(=O)(c1ccc(OC(F)(F)F)cc1)N1CCN(Cc2nnc3n2CCCCC3)CC1. The zero-order valence-electron chi connectivity index (χ0n) is 16.9. The Balaban J connectivity index is 1.36. The minimum absolute atomic E-state index is 0.0572. The minimum atomic E-state index is -4.82. The highest BCUT2D eigenvalue weighted by atomic mass is 32.2. The predicted molar refractivity (Wildman–Crippen MR) is 105 cm³/mol. The number of nitrogens with zero attached hydrogens (tertiary/aromatic N) is 5. The molecule has 2 aliphatic rings. The van der Waals surface area contributed by atoms with Crippen molar-refractivity contribution in [3.63, 3.8) is 0 Å². The second kappa shape index (κ2) is 8.75. The lowest BCUT2D eigenvalue weighted by Crippen LogP contribution is -2.48. The Bertz CT molecular complexity index is 1000. The summed E-state index contributed by atoms with van der Waals surface area (Å²) in [7, 11) is -3.79. The molecule has 0 atom stereocenters. The van der Waals surface area contributed by atoms with E-state index in [0.717, 1.165) is 61.7 Å². The van der Waals surface area contributed by atoms with Gasteiger partial charge in [0.15, 0.2) is 0 Å². The highest BCUT2D eigenvalue weighted by Crippen LogP contribution is 2.25. The molecule has 31 heavy (non-hydrogen) atoms. The van der Waals surface area contributed by atoms with Crippen LogP contribution in [0, 0.1) is 0 Å². The molecular formula is C19H24F3N5O3S. The molecule has 0 saturated carbocycles. The van der Waals surface area contributed by atoms with E-state index in [2.05, 4.69) is 24.4 Å².